The van der Waals surface area contributed by atoms with E-state index in [-0.39, 0.29) is 12.4 Å². The number of fused-ring (bicyclic) bond motifs is 20. The zero-order chi connectivity index (χ0) is 66.1. The van der Waals surface area contributed by atoms with Crippen LogP contribution in [0.2, 0.25) is 0 Å². The lowest BCUT2D eigenvalue weighted by Gasteiger charge is -2.28. The van der Waals surface area contributed by atoms with Crippen molar-refractivity contribution in [2.24, 2.45) is 34.9 Å². The third-order valence-electron chi connectivity index (χ3n) is 18.1. The number of hydroxylamine groups is 2. The standard InChI is InChI=1S/C80H90N8O8/c1-9-17-41-89-67-53-35-27-25-33-51(53)49-59-61(67)76-82-73(59)81-74-60-50-52-34-26-28-36-54(52)68(90-42-18-10-2)62(60)78(84-74)88(96-48-24-16-8)79-64-63(69(91-43-19-11-3)55-37-29-30-38-56(55)70(64)92-44-20-12-4)75(85-79)83-77-65-66(80(86-76,87-77)95-47-23-15-7)72(94-46-22-14-6)58-40-32-31-39-57(58)71(65)93-45-21-13-5/h25-40,49-50H,9-24,41-48H2,1-8H3. The molecule has 13 rings (SSSR count). The summed E-state index contributed by atoms with van der Waals surface area (Å²) in [4.78, 5) is 48.2. The molecule has 1 unspecified atom stereocenters. The molecule has 0 spiro atoms. The summed E-state index contributed by atoms with van der Waals surface area (Å²) in [6.45, 7) is 20.5. The van der Waals surface area contributed by atoms with Crippen LogP contribution in [0.5, 0.6) is 34.5 Å². The summed E-state index contributed by atoms with van der Waals surface area (Å²) < 4.78 is 50.8. The van der Waals surface area contributed by atoms with Gasteiger partial charge in [-0.25, -0.2) is 34.9 Å². The molecule has 96 heavy (non-hydrogen) atoms. The number of amidine groups is 7. The Kier molecular flexibility index (Phi) is 20.5. The Labute approximate surface area is 564 Å². The van der Waals surface area contributed by atoms with Gasteiger partial charge in [0.2, 0.25) is 0 Å². The second-order valence-electron chi connectivity index (χ2n) is 25.2. The van der Waals surface area contributed by atoms with E-state index in [9.17, 15) is 0 Å². The second kappa shape index (κ2) is 30.0. The average Bonchev–Trinajstić information content (AvgIpc) is 1.53. The summed E-state index contributed by atoms with van der Waals surface area (Å²) in [5.41, 5.74) is 5.14. The maximum Gasteiger partial charge on any atom is 0.293 e. The van der Waals surface area contributed by atoms with Gasteiger partial charge in [0.05, 0.1) is 86.2 Å². The highest BCUT2D eigenvalue weighted by Crippen LogP contribution is 2.55. The fraction of sp³-hybridized carbons (Fsp3) is 0.412. The zero-order valence-corrected chi connectivity index (χ0v) is 57.2. The van der Waals surface area contributed by atoms with Crippen molar-refractivity contribution < 1.29 is 38.0 Å². The van der Waals surface area contributed by atoms with Crippen molar-refractivity contribution in [3.63, 3.8) is 0 Å². The van der Waals surface area contributed by atoms with Crippen LogP contribution < -0.4 is 28.4 Å². The highest BCUT2D eigenvalue weighted by molar-refractivity contribution is 6.37. The molecule has 498 valence electrons. The van der Waals surface area contributed by atoms with Gasteiger partial charge in [0, 0.05) is 43.4 Å². The van der Waals surface area contributed by atoms with Gasteiger partial charge in [0.15, 0.2) is 40.8 Å². The summed E-state index contributed by atoms with van der Waals surface area (Å²) in [7, 11) is 0. The zero-order valence-electron chi connectivity index (χ0n) is 57.2. The lowest BCUT2D eigenvalue weighted by molar-refractivity contribution is -0.0417. The number of benzene rings is 8. The molecule has 0 amide bonds. The maximum absolute atomic E-state index is 7.56. The van der Waals surface area contributed by atoms with Gasteiger partial charge < -0.3 is 33.2 Å². The molecular weight excluding hydrogens is 1200 g/mol. The number of ether oxygens (including phenoxy) is 7. The monoisotopic (exact) mass is 1290 g/mol. The molecule has 0 radical (unpaired) electrons. The predicted octanol–water partition coefficient (Wildman–Crippen LogP) is 18.7. The van der Waals surface area contributed by atoms with Crippen LogP contribution in [0.25, 0.3) is 43.1 Å². The van der Waals surface area contributed by atoms with Gasteiger partial charge in [0.25, 0.3) is 5.85 Å². The van der Waals surface area contributed by atoms with Crippen molar-refractivity contribution in [2.45, 2.75) is 164 Å². The average molecular weight is 1290 g/mol. The molecule has 0 aliphatic carbocycles. The highest BCUT2D eigenvalue weighted by atomic mass is 16.7. The SMILES string of the molecule is CCCCOc1c2c(cc3ccccc13)C1=NC2=NC2(OCCCC)N=C(N=C3N=C(c4c3c(OCCCC)c3ccccc3c4OCCCC)N(OCCCC)C3=NC(=N1)c1cc4ccccc4c(OCCCC)c13)c1c2c(OCCCC)c2ccccc2c1OCCCC. The van der Waals surface area contributed by atoms with E-state index in [4.69, 9.17) is 72.9 Å². The molecule has 0 aromatic heterocycles. The largest absolute Gasteiger partial charge is 0.492 e. The first-order valence-electron chi connectivity index (χ1n) is 35.6. The van der Waals surface area contributed by atoms with Crippen molar-refractivity contribution in [3.05, 3.63) is 154 Å². The van der Waals surface area contributed by atoms with Crippen molar-refractivity contribution >= 4 is 83.9 Å². The van der Waals surface area contributed by atoms with Crippen LogP contribution in [-0.2, 0) is 15.4 Å². The molecule has 5 heterocycles. The molecule has 0 saturated heterocycles. The number of rotatable bonds is 32. The number of aliphatic imine (C=N–C) groups is 7. The number of unbranched alkanes of at least 4 members (excludes halogenated alkanes) is 8. The Balaban J connectivity index is 1.25. The molecule has 16 heteroatoms. The van der Waals surface area contributed by atoms with E-state index >= 15 is 0 Å². The van der Waals surface area contributed by atoms with Crippen LogP contribution in [0.15, 0.2) is 144 Å². The maximum atomic E-state index is 7.56. The normalized spacial score (nSPS) is 15.8. The quantitative estimate of drug-likeness (QED) is 0.0373. The molecular formula is C80H90N8O8. The van der Waals surface area contributed by atoms with E-state index in [1.807, 2.05) is 36.4 Å². The fourth-order valence-electron chi connectivity index (χ4n) is 13.0. The summed E-state index contributed by atoms with van der Waals surface area (Å²) >= 11 is 0. The van der Waals surface area contributed by atoms with Crippen molar-refractivity contribution in [3.8, 4) is 34.5 Å². The summed E-state index contributed by atoms with van der Waals surface area (Å²) in [5, 5.41) is 8.88. The molecule has 5 aliphatic heterocycles. The molecule has 16 nitrogen and oxygen atoms in total. The third kappa shape index (κ3) is 12.4. The number of hydrogen-bond donors (Lipinski definition) is 0. The first-order valence-corrected chi connectivity index (χ1v) is 35.6. The van der Waals surface area contributed by atoms with Crippen molar-refractivity contribution in [1.29, 1.82) is 0 Å². The minimum atomic E-state index is -1.92. The summed E-state index contributed by atoms with van der Waals surface area (Å²) in [5.74, 6) is 4.16. The third-order valence-corrected chi connectivity index (χ3v) is 18.1. The minimum Gasteiger partial charge on any atom is -0.492 e. The second-order valence-corrected chi connectivity index (χ2v) is 25.2. The number of hydrogen-bond acceptors (Lipinski definition) is 16. The lowest BCUT2D eigenvalue weighted by Crippen LogP contribution is -2.38. The topological polar surface area (TPSA) is 164 Å². The number of nitrogens with zero attached hydrogens (tertiary/aromatic N) is 8. The van der Waals surface area contributed by atoms with E-state index in [1.54, 1.807) is 5.06 Å². The Morgan fingerprint density at radius 1 is 0.312 bits per heavy atom. The molecule has 0 saturated carbocycles. The fourth-order valence-corrected chi connectivity index (χ4v) is 13.0. The van der Waals surface area contributed by atoms with Gasteiger partial charge in [-0.15, -0.1) is 0 Å². The van der Waals surface area contributed by atoms with Gasteiger partial charge in [-0.2, -0.15) is 5.06 Å². The van der Waals surface area contributed by atoms with Crippen LogP contribution in [0, 0.1) is 0 Å². The molecule has 0 N–H and O–H groups in total. The van der Waals surface area contributed by atoms with E-state index < -0.39 is 5.85 Å². The summed E-state index contributed by atoms with van der Waals surface area (Å²) in [6.07, 6.45) is 13.4. The molecule has 8 bridgehead atoms. The van der Waals surface area contributed by atoms with Crippen LogP contribution in [0.3, 0.4) is 0 Å². The van der Waals surface area contributed by atoms with Gasteiger partial charge in [-0.05, 0) is 74.3 Å². The van der Waals surface area contributed by atoms with E-state index in [0.717, 1.165) is 145 Å². The first kappa shape index (κ1) is 65.7. The van der Waals surface area contributed by atoms with E-state index in [2.05, 4.69) is 128 Å². The predicted molar refractivity (Wildman–Crippen MR) is 389 cm³/mol. The van der Waals surface area contributed by atoms with Crippen LogP contribution in [0.1, 0.15) is 203 Å². The molecule has 8 aromatic carbocycles. The molecule has 8 aromatic rings. The Morgan fingerprint density at radius 3 is 1.17 bits per heavy atom. The highest BCUT2D eigenvalue weighted by Gasteiger charge is 2.51. The summed E-state index contributed by atoms with van der Waals surface area (Å²) in [6, 6.07) is 37.5. The van der Waals surface area contributed by atoms with Gasteiger partial charge in [-0.3, -0.25) is 4.84 Å². The van der Waals surface area contributed by atoms with Crippen molar-refractivity contribution in [1.82, 2.24) is 5.06 Å². The Bertz CT molecular complexity index is 4470. The smallest absolute Gasteiger partial charge is 0.293 e. The Hall–Kier alpha value is -8.99. The minimum absolute atomic E-state index is 0.260. The van der Waals surface area contributed by atoms with Crippen LogP contribution >= 0.6 is 0 Å². The van der Waals surface area contributed by atoms with Gasteiger partial charge in [-0.1, -0.05) is 204 Å². The lowest BCUT2D eigenvalue weighted by atomic mass is 9.95. The Morgan fingerprint density at radius 2 is 0.656 bits per heavy atom. The van der Waals surface area contributed by atoms with Crippen LogP contribution in [-0.4, -0.2) is 98.8 Å². The van der Waals surface area contributed by atoms with Gasteiger partial charge >= 0.3 is 0 Å². The molecule has 0 fully saturated rings. The molecule has 5 aliphatic rings. The first-order chi connectivity index (χ1) is 47.3. The van der Waals surface area contributed by atoms with Crippen molar-refractivity contribution in [2.75, 3.05) is 52.9 Å². The van der Waals surface area contributed by atoms with Gasteiger partial charge in [0.1, 0.15) is 34.5 Å². The van der Waals surface area contributed by atoms with E-state index in [0.29, 0.717) is 161 Å². The molecule has 1 atom stereocenters. The van der Waals surface area contributed by atoms with E-state index in [1.165, 1.54) is 0 Å². The van der Waals surface area contributed by atoms with Crippen LogP contribution in [0.4, 0.5) is 0 Å².